The van der Waals surface area contributed by atoms with Crippen LogP contribution < -0.4 is 5.32 Å². The Hall–Kier alpha value is -2.69. The van der Waals surface area contributed by atoms with Gasteiger partial charge in [-0.05, 0) is 54.0 Å². The van der Waals surface area contributed by atoms with Gasteiger partial charge in [0.1, 0.15) is 5.82 Å². The smallest absolute Gasteiger partial charge is 0.253 e. The first-order valence-electron chi connectivity index (χ1n) is 10.2. The van der Waals surface area contributed by atoms with Crippen LogP contribution in [-0.4, -0.2) is 22.5 Å². The van der Waals surface area contributed by atoms with Crippen LogP contribution in [0.5, 0.6) is 0 Å². The summed E-state index contributed by atoms with van der Waals surface area (Å²) in [7, 11) is 0. The van der Waals surface area contributed by atoms with E-state index in [0.29, 0.717) is 18.5 Å². The van der Waals surface area contributed by atoms with E-state index >= 15 is 0 Å². The van der Waals surface area contributed by atoms with E-state index in [4.69, 9.17) is 4.98 Å². The molecule has 0 radical (unpaired) electrons. The molecule has 1 aromatic carbocycles. The summed E-state index contributed by atoms with van der Waals surface area (Å²) in [6, 6.07) is 6.20. The highest BCUT2D eigenvalue weighted by Gasteiger charge is 2.27. The first-order valence-corrected chi connectivity index (χ1v) is 10.2. The Bertz CT molecular complexity index is 871. The average molecular weight is 399 g/mol. The van der Waals surface area contributed by atoms with Crippen molar-refractivity contribution in [2.45, 2.75) is 59.3 Å². The third-order valence-corrected chi connectivity index (χ3v) is 4.77. The number of aromatic nitrogens is 1. The lowest BCUT2D eigenvalue weighted by atomic mass is 9.85. The van der Waals surface area contributed by atoms with E-state index < -0.39 is 0 Å². The number of carbonyl (C=O) groups is 1. The zero-order valence-electron chi connectivity index (χ0n) is 17.9. The number of aliphatic hydroxyl groups excluding tert-OH is 1. The van der Waals surface area contributed by atoms with Gasteiger partial charge in [-0.3, -0.25) is 9.78 Å². The van der Waals surface area contributed by atoms with E-state index in [0.717, 1.165) is 40.8 Å². The Balaban J connectivity index is 2.93. The van der Waals surface area contributed by atoms with Crippen LogP contribution in [0, 0.1) is 5.82 Å². The third kappa shape index (κ3) is 5.22. The predicted octanol–water partition coefficient (Wildman–Crippen LogP) is 5.89. The molecule has 0 spiro atoms. The second kappa shape index (κ2) is 10.2. The second-order valence-electron chi connectivity index (χ2n) is 7.77. The summed E-state index contributed by atoms with van der Waals surface area (Å²) >= 11 is 0. The number of amides is 1. The molecule has 29 heavy (non-hydrogen) atoms. The Labute approximate surface area is 172 Å². The van der Waals surface area contributed by atoms with Crippen molar-refractivity contribution in [2.24, 2.45) is 0 Å². The van der Waals surface area contributed by atoms with E-state index in [1.165, 1.54) is 12.1 Å². The van der Waals surface area contributed by atoms with Gasteiger partial charge in [-0.2, -0.15) is 0 Å². The molecule has 0 aliphatic heterocycles. The number of halogens is 1. The number of aliphatic hydroxyl groups is 1. The Morgan fingerprint density at radius 3 is 2.28 bits per heavy atom. The number of nitrogens with one attached hydrogen (secondary N) is 1. The maximum atomic E-state index is 13.6. The van der Waals surface area contributed by atoms with Crippen LogP contribution in [0.3, 0.4) is 0 Å². The van der Waals surface area contributed by atoms with Crippen molar-refractivity contribution in [3.63, 3.8) is 0 Å². The molecule has 0 unspecified atom stereocenters. The molecular formula is C24H31FN2O2. The highest BCUT2D eigenvalue weighted by atomic mass is 19.1. The van der Waals surface area contributed by atoms with Crippen LogP contribution in [-0.2, 0) is 6.42 Å². The molecule has 1 aromatic heterocycles. The third-order valence-electron chi connectivity index (χ3n) is 4.77. The van der Waals surface area contributed by atoms with Crippen LogP contribution in [0.4, 0.5) is 4.39 Å². The van der Waals surface area contributed by atoms with Gasteiger partial charge in [-0.25, -0.2) is 4.39 Å². The van der Waals surface area contributed by atoms with Crippen LogP contribution in [0.2, 0.25) is 0 Å². The number of hydrogen-bond donors (Lipinski definition) is 2. The molecule has 0 saturated carbocycles. The molecule has 0 aliphatic carbocycles. The Morgan fingerprint density at radius 2 is 1.76 bits per heavy atom. The van der Waals surface area contributed by atoms with E-state index in [1.54, 1.807) is 18.2 Å². The summed E-state index contributed by atoms with van der Waals surface area (Å²) in [4.78, 5) is 18.1. The maximum absolute atomic E-state index is 13.6. The highest BCUT2D eigenvalue weighted by Crippen LogP contribution is 2.37. The molecule has 156 valence electrons. The first kappa shape index (κ1) is 22.6. The van der Waals surface area contributed by atoms with Crippen molar-refractivity contribution < 1.29 is 14.3 Å². The minimum Gasteiger partial charge on any atom is -0.516 e. The summed E-state index contributed by atoms with van der Waals surface area (Å²) in [6.07, 6.45) is 3.90. The molecule has 0 saturated heterocycles. The summed E-state index contributed by atoms with van der Waals surface area (Å²) in [5.41, 5.74) is 4.56. The fraction of sp³-hybridized carbons (Fsp3) is 0.417. The second-order valence-corrected chi connectivity index (χ2v) is 7.77. The average Bonchev–Trinajstić information content (AvgIpc) is 2.69. The van der Waals surface area contributed by atoms with Gasteiger partial charge in [0, 0.05) is 17.8 Å². The van der Waals surface area contributed by atoms with Crippen LogP contribution in [0.15, 0.2) is 36.6 Å². The molecule has 0 atom stereocenters. The van der Waals surface area contributed by atoms with E-state index in [1.807, 2.05) is 20.8 Å². The van der Waals surface area contributed by atoms with Crippen LogP contribution in [0.1, 0.15) is 80.2 Å². The molecule has 0 fully saturated rings. The molecule has 5 heteroatoms. The molecule has 2 rings (SSSR count). The molecule has 0 aliphatic rings. The van der Waals surface area contributed by atoms with Gasteiger partial charge in [0.05, 0.1) is 17.5 Å². The first-order chi connectivity index (χ1) is 13.8. The van der Waals surface area contributed by atoms with Gasteiger partial charge in [-0.15, -0.1) is 0 Å². The molecule has 2 aromatic rings. The lowest BCUT2D eigenvalue weighted by Crippen LogP contribution is -2.28. The SMILES string of the molecule is CCCNC(=O)c1c(C(C)C)nc(C(C)C)c(C/C=C/O)c1-c1ccc(F)cc1. The van der Waals surface area contributed by atoms with Crippen molar-refractivity contribution in [3.8, 4) is 11.1 Å². The lowest BCUT2D eigenvalue weighted by molar-refractivity contribution is 0.0952. The quantitative estimate of drug-likeness (QED) is 0.545. The van der Waals surface area contributed by atoms with Crippen molar-refractivity contribution >= 4 is 5.91 Å². The number of allylic oxidation sites excluding steroid dienone is 1. The monoisotopic (exact) mass is 398 g/mol. The van der Waals surface area contributed by atoms with Gasteiger partial charge in [0.2, 0.25) is 0 Å². The van der Waals surface area contributed by atoms with Crippen molar-refractivity contribution in [1.29, 1.82) is 0 Å². The van der Waals surface area contributed by atoms with Gasteiger partial charge >= 0.3 is 0 Å². The molecule has 1 amide bonds. The summed E-state index contributed by atoms with van der Waals surface area (Å²) in [5.74, 6) is -0.338. The molecule has 4 nitrogen and oxygen atoms in total. The van der Waals surface area contributed by atoms with Gasteiger partial charge in [0.25, 0.3) is 5.91 Å². The van der Waals surface area contributed by atoms with Crippen molar-refractivity contribution in [3.05, 3.63) is 64.9 Å². The normalized spacial score (nSPS) is 11.6. The Morgan fingerprint density at radius 1 is 1.14 bits per heavy atom. The summed E-state index contributed by atoms with van der Waals surface area (Å²) in [6.45, 7) is 10.7. The van der Waals surface area contributed by atoms with Crippen molar-refractivity contribution in [2.75, 3.05) is 6.54 Å². The Kier molecular flexibility index (Phi) is 7.94. The number of pyridine rings is 1. The minimum atomic E-state index is -0.329. The number of rotatable bonds is 8. The zero-order chi connectivity index (χ0) is 21.6. The van der Waals surface area contributed by atoms with E-state index in [-0.39, 0.29) is 23.6 Å². The molecule has 2 N–H and O–H groups in total. The molecular weight excluding hydrogens is 367 g/mol. The summed E-state index contributed by atoms with van der Waals surface area (Å²) < 4.78 is 13.6. The predicted molar refractivity (Wildman–Crippen MR) is 116 cm³/mol. The van der Waals surface area contributed by atoms with Gasteiger partial charge in [-0.1, -0.05) is 46.8 Å². The largest absolute Gasteiger partial charge is 0.516 e. The van der Waals surface area contributed by atoms with Gasteiger partial charge < -0.3 is 10.4 Å². The van der Waals surface area contributed by atoms with E-state index in [9.17, 15) is 14.3 Å². The number of nitrogens with zero attached hydrogens (tertiary/aromatic N) is 1. The molecule has 1 heterocycles. The van der Waals surface area contributed by atoms with Crippen molar-refractivity contribution in [1.82, 2.24) is 10.3 Å². The fourth-order valence-corrected chi connectivity index (χ4v) is 3.42. The summed E-state index contributed by atoms with van der Waals surface area (Å²) in [5, 5.41) is 12.2. The minimum absolute atomic E-state index is 0.0384. The van der Waals surface area contributed by atoms with Crippen LogP contribution >= 0.6 is 0 Å². The lowest BCUT2D eigenvalue weighted by Gasteiger charge is -2.24. The van der Waals surface area contributed by atoms with Crippen LogP contribution in [0.25, 0.3) is 11.1 Å². The maximum Gasteiger partial charge on any atom is 0.253 e. The number of carbonyl (C=O) groups excluding carboxylic acids is 1. The number of hydrogen-bond acceptors (Lipinski definition) is 3. The number of benzene rings is 1. The van der Waals surface area contributed by atoms with E-state index in [2.05, 4.69) is 19.2 Å². The fourth-order valence-electron chi connectivity index (χ4n) is 3.42. The van der Waals surface area contributed by atoms with Gasteiger partial charge in [0.15, 0.2) is 0 Å². The zero-order valence-corrected chi connectivity index (χ0v) is 17.9. The molecule has 0 bridgehead atoms. The topological polar surface area (TPSA) is 62.2 Å². The standard InChI is InChI=1S/C24H31FN2O2/c1-6-13-26-24(29)21-20(17-9-11-18(25)12-10-17)19(8-7-14-28)22(15(2)3)27-23(21)16(4)5/h7,9-12,14-16,28H,6,8,13H2,1-5H3,(H,26,29)/b14-7+. The highest BCUT2D eigenvalue weighted by molar-refractivity contribution is 6.03.